The largest absolute Gasteiger partial charge is 0.317 e. The number of hydrogen-bond acceptors (Lipinski definition) is 3. The minimum absolute atomic E-state index is 0.239. The fourth-order valence-corrected chi connectivity index (χ4v) is 4.16. The van der Waals surface area contributed by atoms with Gasteiger partial charge in [-0.05, 0) is 49.5 Å². The van der Waals surface area contributed by atoms with E-state index in [1.54, 1.807) is 0 Å². The van der Waals surface area contributed by atoms with Crippen molar-refractivity contribution in [2.24, 2.45) is 5.92 Å². The van der Waals surface area contributed by atoms with Crippen LogP contribution in [0, 0.1) is 5.92 Å². The molecule has 1 aromatic rings. The highest BCUT2D eigenvalue weighted by Crippen LogP contribution is 2.15. The van der Waals surface area contributed by atoms with Crippen molar-refractivity contribution in [3.8, 4) is 0 Å². The molecule has 1 heterocycles. The van der Waals surface area contributed by atoms with Crippen molar-refractivity contribution in [2.45, 2.75) is 19.4 Å². The molecule has 106 valence electrons. The summed E-state index contributed by atoms with van der Waals surface area (Å²) in [5.74, 6) is 0.518. The van der Waals surface area contributed by atoms with Gasteiger partial charge in [0.1, 0.15) is 0 Å². The molecule has 1 saturated heterocycles. The number of nitrogens with one attached hydrogen (secondary N) is 2. The molecule has 0 atom stereocenters. The second-order valence-electron chi connectivity index (χ2n) is 4.93. The van der Waals surface area contributed by atoms with Crippen LogP contribution in [0.1, 0.15) is 18.4 Å². The number of piperidine rings is 1. The number of rotatable bonds is 5. The lowest BCUT2D eigenvalue weighted by atomic mass is 10.0. The van der Waals surface area contributed by atoms with Crippen LogP contribution in [0.2, 0.25) is 0 Å². The van der Waals surface area contributed by atoms with Gasteiger partial charge in [0.25, 0.3) is 0 Å². The van der Waals surface area contributed by atoms with Crippen molar-refractivity contribution in [2.75, 3.05) is 18.8 Å². The van der Waals surface area contributed by atoms with Gasteiger partial charge in [0.15, 0.2) is 0 Å². The van der Waals surface area contributed by atoms with E-state index in [1.165, 1.54) is 0 Å². The van der Waals surface area contributed by atoms with Gasteiger partial charge < -0.3 is 5.32 Å². The highest BCUT2D eigenvalue weighted by Gasteiger charge is 2.20. The van der Waals surface area contributed by atoms with Crippen molar-refractivity contribution in [3.05, 3.63) is 34.3 Å². The third-order valence-corrected chi connectivity index (χ3v) is 5.29. The Morgan fingerprint density at radius 2 is 2.05 bits per heavy atom. The lowest BCUT2D eigenvalue weighted by Crippen LogP contribution is -2.35. The predicted molar refractivity (Wildman–Crippen MR) is 80.4 cm³/mol. The Labute approximate surface area is 123 Å². The fourth-order valence-electron chi connectivity index (χ4n) is 2.26. The lowest BCUT2D eigenvalue weighted by Gasteiger charge is -2.22. The third kappa shape index (κ3) is 5.22. The molecule has 0 radical (unpaired) electrons. The molecule has 2 N–H and O–H groups in total. The zero-order valence-corrected chi connectivity index (χ0v) is 13.1. The second-order valence-corrected chi connectivity index (χ2v) is 7.69. The lowest BCUT2D eigenvalue weighted by molar-refractivity contribution is 0.400. The summed E-state index contributed by atoms with van der Waals surface area (Å²) in [6.45, 7) is 2.20. The summed E-state index contributed by atoms with van der Waals surface area (Å²) in [6.07, 6.45) is 1.88. The van der Waals surface area contributed by atoms with Gasteiger partial charge in [0, 0.05) is 11.0 Å². The van der Waals surface area contributed by atoms with Gasteiger partial charge >= 0.3 is 0 Å². The predicted octanol–water partition coefficient (Wildman–Crippen LogP) is 1.87. The maximum atomic E-state index is 12.0. The first-order valence-corrected chi connectivity index (χ1v) is 8.92. The quantitative estimate of drug-likeness (QED) is 0.855. The summed E-state index contributed by atoms with van der Waals surface area (Å²) < 4.78 is 27.7. The summed E-state index contributed by atoms with van der Waals surface area (Å²) in [6, 6.07) is 7.67. The Morgan fingerprint density at radius 3 is 2.74 bits per heavy atom. The summed E-state index contributed by atoms with van der Waals surface area (Å²) >= 11 is 3.38. The van der Waals surface area contributed by atoms with E-state index < -0.39 is 10.0 Å². The van der Waals surface area contributed by atoms with E-state index in [0.717, 1.165) is 36.0 Å². The zero-order chi connectivity index (χ0) is 13.7. The van der Waals surface area contributed by atoms with Crippen LogP contribution in [0.5, 0.6) is 0 Å². The van der Waals surface area contributed by atoms with Crippen LogP contribution >= 0.6 is 15.9 Å². The molecule has 0 unspecified atom stereocenters. The Morgan fingerprint density at radius 1 is 1.32 bits per heavy atom. The van der Waals surface area contributed by atoms with Crippen LogP contribution < -0.4 is 10.0 Å². The first-order valence-electron chi connectivity index (χ1n) is 6.48. The molecule has 19 heavy (non-hydrogen) atoms. The molecule has 0 aromatic heterocycles. The number of benzene rings is 1. The average molecular weight is 347 g/mol. The normalized spacial score (nSPS) is 17.5. The molecule has 6 heteroatoms. The highest BCUT2D eigenvalue weighted by atomic mass is 79.9. The van der Waals surface area contributed by atoms with Crippen molar-refractivity contribution in [1.29, 1.82) is 0 Å². The van der Waals surface area contributed by atoms with Gasteiger partial charge in [-0.25, -0.2) is 13.1 Å². The molecule has 1 fully saturated rings. The zero-order valence-electron chi connectivity index (χ0n) is 10.7. The summed E-state index contributed by atoms with van der Waals surface area (Å²) in [4.78, 5) is 0. The number of hydrogen-bond donors (Lipinski definition) is 2. The van der Waals surface area contributed by atoms with Crippen molar-refractivity contribution in [3.63, 3.8) is 0 Å². The van der Waals surface area contributed by atoms with Gasteiger partial charge in [-0.2, -0.15) is 0 Å². The first-order chi connectivity index (χ1) is 9.05. The fraction of sp³-hybridized carbons (Fsp3) is 0.538. The van der Waals surface area contributed by atoms with Gasteiger partial charge in [-0.15, -0.1) is 0 Å². The summed E-state index contributed by atoms with van der Waals surface area (Å²) in [5, 5.41) is 3.24. The molecule has 0 amide bonds. The Kier molecular flexibility index (Phi) is 5.38. The number of sulfonamides is 1. The molecule has 1 aliphatic heterocycles. The standard InChI is InChI=1S/C13H19BrN2O2S/c14-13-3-1-2-12(8-13)9-16-19(17,18)10-11-4-6-15-7-5-11/h1-3,8,11,15-16H,4-7,9-10H2. The molecule has 1 aromatic carbocycles. The van der Waals surface area contributed by atoms with Crippen molar-refractivity contribution < 1.29 is 8.42 Å². The van der Waals surface area contributed by atoms with E-state index in [9.17, 15) is 8.42 Å². The molecule has 0 aliphatic carbocycles. The minimum atomic E-state index is -3.19. The van der Waals surface area contributed by atoms with E-state index in [4.69, 9.17) is 0 Å². The molecular weight excluding hydrogens is 328 g/mol. The average Bonchev–Trinajstić information content (AvgIpc) is 2.37. The van der Waals surface area contributed by atoms with Crippen LogP contribution in [-0.2, 0) is 16.6 Å². The molecule has 2 rings (SSSR count). The smallest absolute Gasteiger partial charge is 0.212 e. The van der Waals surface area contributed by atoms with Crippen LogP contribution in [0.25, 0.3) is 0 Å². The van der Waals surface area contributed by atoms with E-state index in [-0.39, 0.29) is 11.7 Å². The monoisotopic (exact) mass is 346 g/mol. The van der Waals surface area contributed by atoms with E-state index >= 15 is 0 Å². The SMILES string of the molecule is O=S(=O)(CC1CCNCC1)NCc1cccc(Br)c1. The van der Waals surface area contributed by atoms with Gasteiger partial charge in [-0.1, -0.05) is 28.1 Å². The van der Waals surface area contributed by atoms with Gasteiger partial charge in [0.05, 0.1) is 5.75 Å². The van der Waals surface area contributed by atoms with E-state index in [0.29, 0.717) is 6.54 Å². The molecule has 1 aliphatic rings. The van der Waals surface area contributed by atoms with Gasteiger partial charge in [0.2, 0.25) is 10.0 Å². The van der Waals surface area contributed by atoms with E-state index in [1.807, 2.05) is 24.3 Å². The Hall–Kier alpha value is -0.430. The topological polar surface area (TPSA) is 58.2 Å². The molecule has 4 nitrogen and oxygen atoms in total. The first kappa shape index (κ1) is 15.0. The van der Waals surface area contributed by atoms with Crippen molar-refractivity contribution >= 4 is 26.0 Å². The van der Waals surface area contributed by atoms with Crippen LogP contribution in [-0.4, -0.2) is 27.3 Å². The maximum Gasteiger partial charge on any atom is 0.212 e. The highest BCUT2D eigenvalue weighted by molar-refractivity contribution is 9.10. The van der Waals surface area contributed by atoms with Crippen LogP contribution in [0.15, 0.2) is 28.7 Å². The van der Waals surface area contributed by atoms with E-state index in [2.05, 4.69) is 26.0 Å². The molecule has 0 saturated carbocycles. The molecular formula is C13H19BrN2O2S. The maximum absolute atomic E-state index is 12.0. The summed E-state index contributed by atoms with van der Waals surface area (Å²) in [7, 11) is -3.19. The second kappa shape index (κ2) is 6.83. The minimum Gasteiger partial charge on any atom is -0.317 e. The van der Waals surface area contributed by atoms with Gasteiger partial charge in [-0.3, -0.25) is 0 Å². The van der Waals surface area contributed by atoms with Crippen LogP contribution in [0.4, 0.5) is 0 Å². The Balaban J connectivity index is 1.86. The third-order valence-electron chi connectivity index (χ3n) is 3.30. The molecule has 0 spiro atoms. The molecule has 0 bridgehead atoms. The summed E-state index contributed by atoms with van der Waals surface area (Å²) in [5.41, 5.74) is 0.961. The Bertz CT molecular complexity index is 513. The van der Waals surface area contributed by atoms with Crippen LogP contribution in [0.3, 0.4) is 0 Å². The number of halogens is 1. The van der Waals surface area contributed by atoms with Crippen molar-refractivity contribution in [1.82, 2.24) is 10.0 Å².